The lowest BCUT2D eigenvalue weighted by molar-refractivity contribution is -0.123. The van der Waals surface area contributed by atoms with E-state index in [-0.39, 0.29) is 23.5 Å². The molecule has 1 atom stereocenters. The van der Waals surface area contributed by atoms with Crippen molar-refractivity contribution in [3.05, 3.63) is 24.2 Å². The van der Waals surface area contributed by atoms with Crippen LogP contribution in [0.4, 0.5) is 0 Å². The van der Waals surface area contributed by atoms with Gasteiger partial charge in [0.25, 0.3) is 5.91 Å². The van der Waals surface area contributed by atoms with Crippen LogP contribution in [0.1, 0.15) is 43.7 Å². The van der Waals surface area contributed by atoms with Crippen molar-refractivity contribution in [1.82, 2.24) is 14.9 Å². The van der Waals surface area contributed by atoms with E-state index in [2.05, 4.69) is 10.6 Å². The van der Waals surface area contributed by atoms with Crippen LogP contribution in [-0.4, -0.2) is 55.5 Å². The van der Waals surface area contributed by atoms with Gasteiger partial charge >= 0.3 is 0 Å². The summed E-state index contributed by atoms with van der Waals surface area (Å²) in [5.41, 5.74) is 0. The number of nitrogens with one attached hydrogen (secondary N) is 2. The first-order chi connectivity index (χ1) is 11.8. The Morgan fingerprint density at radius 1 is 1.36 bits per heavy atom. The maximum Gasteiger partial charge on any atom is 0.287 e. The van der Waals surface area contributed by atoms with Crippen LogP contribution >= 0.6 is 0 Å². The SMILES string of the molecule is CCCS(=O)(=O)N1CCC(NC(=O)C(C)NC(=O)c2ccco2)CC1. The lowest BCUT2D eigenvalue weighted by atomic mass is 10.1. The fourth-order valence-corrected chi connectivity index (χ4v) is 4.27. The zero-order valence-electron chi connectivity index (χ0n) is 14.5. The van der Waals surface area contributed by atoms with Gasteiger partial charge in [0.1, 0.15) is 6.04 Å². The molecule has 0 saturated carbocycles. The molecule has 25 heavy (non-hydrogen) atoms. The number of hydrogen-bond donors (Lipinski definition) is 2. The summed E-state index contributed by atoms with van der Waals surface area (Å²) in [5.74, 6) is -0.447. The van der Waals surface area contributed by atoms with Crippen LogP contribution in [0.25, 0.3) is 0 Å². The molecule has 0 spiro atoms. The minimum absolute atomic E-state index is 0.0939. The van der Waals surface area contributed by atoms with Gasteiger partial charge in [0, 0.05) is 19.1 Å². The molecule has 1 aromatic heterocycles. The number of nitrogens with zero attached hydrogens (tertiary/aromatic N) is 1. The molecule has 140 valence electrons. The van der Waals surface area contributed by atoms with E-state index in [0.717, 1.165) is 0 Å². The molecule has 1 aliphatic heterocycles. The van der Waals surface area contributed by atoms with Crippen molar-refractivity contribution in [1.29, 1.82) is 0 Å². The first kappa shape index (κ1) is 19.5. The number of carbonyl (C=O) groups excluding carboxylic acids is 2. The Balaban J connectivity index is 1.79. The lowest BCUT2D eigenvalue weighted by Crippen LogP contribution is -2.51. The molecule has 0 aliphatic carbocycles. The molecular weight excluding hydrogens is 346 g/mol. The second-order valence-electron chi connectivity index (χ2n) is 6.17. The number of sulfonamides is 1. The molecule has 2 heterocycles. The normalized spacial score (nSPS) is 17.8. The average Bonchev–Trinajstić information content (AvgIpc) is 3.09. The maximum absolute atomic E-state index is 12.2. The predicted octanol–water partition coefficient (Wildman–Crippen LogP) is 0.718. The molecule has 9 heteroatoms. The van der Waals surface area contributed by atoms with Crippen molar-refractivity contribution in [2.75, 3.05) is 18.8 Å². The maximum atomic E-state index is 12.2. The van der Waals surface area contributed by atoms with Crippen LogP contribution in [0.3, 0.4) is 0 Å². The van der Waals surface area contributed by atoms with Crippen molar-refractivity contribution in [2.45, 2.75) is 45.2 Å². The predicted molar refractivity (Wildman–Crippen MR) is 92.5 cm³/mol. The Labute approximate surface area is 148 Å². The highest BCUT2D eigenvalue weighted by Crippen LogP contribution is 2.15. The third kappa shape index (κ3) is 5.30. The van der Waals surface area contributed by atoms with Gasteiger partial charge in [-0.1, -0.05) is 6.92 Å². The third-order valence-electron chi connectivity index (χ3n) is 4.14. The van der Waals surface area contributed by atoms with Crippen LogP contribution in [0, 0.1) is 0 Å². The second kappa shape index (κ2) is 8.48. The molecule has 2 N–H and O–H groups in total. The van der Waals surface area contributed by atoms with E-state index < -0.39 is 22.0 Å². The summed E-state index contributed by atoms with van der Waals surface area (Å²) >= 11 is 0. The molecule has 1 unspecified atom stereocenters. The smallest absolute Gasteiger partial charge is 0.287 e. The number of piperidine rings is 1. The lowest BCUT2D eigenvalue weighted by Gasteiger charge is -2.32. The number of carbonyl (C=O) groups is 2. The Morgan fingerprint density at radius 2 is 2.04 bits per heavy atom. The van der Waals surface area contributed by atoms with Gasteiger partial charge in [-0.25, -0.2) is 12.7 Å². The second-order valence-corrected chi connectivity index (χ2v) is 8.26. The van der Waals surface area contributed by atoms with Gasteiger partial charge in [-0.15, -0.1) is 0 Å². The number of amides is 2. The standard InChI is InChI=1S/C16H25N3O5S/c1-3-11-25(22,23)19-8-6-13(7-9-19)18-15(20)12(2)17-16(21)14-5-4-10-24-14/h4-5,10,12-13H,3,6-9,11H2,1-2H3,(H,17,21)(H,18,20). The average molecular weight is 371 g/mol. The van der Waals surface area contributed by atoms with Gasteiger partial charge in [0.15, 0.2) is 5.76 Å². The first-order valence-electron chi connectivity index (χ1n) is 8.46. The largest absolute Gasteiger partial charge is 0.459 e. The topological polar surface area (TPSA) is 109 Å². The van der Waals surface area contributed by atoms with E-state index >= 15 is 0 Å². The van der Waals surface area contributed by atoms with E-state index in [1.807, 2.05) is 6.92 Å². The van der Waals surface area contributed by atoms with Crippen molar-refractivity contribution >= 4 is 21.8 Å². The number of furan rings is 1. The number of rotatable bonds is 7. The van der Waals surface area contributed by atoms with Gasteiger partial charge in [0.2, 0.25) is 15.9 Å². The zero-order valence-corrected chi connectivity index (χ0v) is 15.3. The first-order valence-corrected chi connectivity index (χ1v) is 10.1. The molecule has 0 bridgehead atoms. The molecule has 2 amide bonds. The Bertz CT molecular complexity index is 679. The molecular formula is C16H25N3O5S. The van der Waals surface area contributed by atoms with E-state index in [1.165, 1.54) is 16.6 Å². The zero-order chi connectivity index (χ0) is 18.4. The quantitative estimate of drug-likeness (QED) is 0.734. The summed E-state index contributed by atoms with van der Waals surface area (Å²) in [5, 5.41) is 5.44. The van der Waals surface area contributed by atoms with Crippen LogP contribution < -0.4 is 10.6 Å². The summed E-state index contributed by atoms with van der Waals surface area (Å²) in [7, 11) is -3.19. The third-order valence-corrected chi connectivity index (χ3v) is 6.22. The summed E-state index contributed by atoms with van der Waals surface area (Å²) < 4.78 is 30.5. The van der Waals surface area contributed by atoms with Crippen LogP contribution in [0.2, 0.25) is 0 Å². The van der Waals surface area contributed by atoms with E-state index in [9.17, 15) is 18.0 Å². The number of hydrogen-bond acceptors (Lipinski definition) is 5. The van der Waals surface area contributed by atoms with Gasteiger partial charge < -0.3 is 15.1 Å². The molecule has 0 radical (unpaired) electrons. The van der Waals surface area contributed by atoms with Crippen molar-refractivity contribution in [3.8, 4) is 0 Å². The van der Waals surface area contributed by atoms with Crippen LogP contribution in [0.5, 0.6) is 0 Å². The van der Waals surface area contributed by atoms with Gasteiger partial charge in [0.05, 0.1) is 12.0 Å². The van der Waals surface area contributed by atoms with E-state index in [0.29, 0.717) is 32.4 Å². The highest BCUT2D eigenvalue weighted by Gasteiger charge is 2.29. The highest BCUT2D eigenvalue weighted by atomic mass is 32.2. The Morgan fingerprint density at radius 3 is 2.60 bits per heavy atom. The monoisotopic (exact) mass is 371 g/mol. The van der Waals surface area contributed by atoms with Gasteiger partial charge in [-0.2, -0.15) is 0 Å². The van der Waals surface area contributed by atoms with Gasteiger partial charge in [-0.05, 0) is 38.3 Å². The molecule has 1 aliphatic rings. The minimum Gasteiger partial charge on any atom is -0.459 e. The van der Waals surface area contributed by atoms with Crippen LogP contribution in [0.15, 0.2) is 22.8 Å². The highest BCUT2D eigenvalue weighted by molar-refractivity contribution is 7.89. The Hall–Kier alpha value is -1.87. The summed E-state index contributed by atoms with van der Waals surface area (Å²) in [6, 6.07) is 2.31. The fraction of sp³-hybridized carbons (Fsp3) is 0.625. The van der Waals surface area contributed by atoms with Crippen molar-refractivity contribution < 1.29 is 22.4 Å². The van der Waals surface area contributed by atoms with E-state index in [4.69, 9.17) is 4.42 Å². The fourth-order valence-electron chi connectivity index (χ4n) is 2.73. The summed E-state index contributed by atoms with van der Waals surface area (Å²) in [6.45, 7) is 4.24. The van der Waals surface area contributed by atoms with Crippen molar-refractivity contribution in [3.63, 3.8) is 0 Å². The molecule has 1 fully saturated rings. The molecule has 1 aromatic rings. The van der Waals surface area contributed by atoms with Crippen LogP contribution in [-0.2, 0) is 14.8 Å². The summed E-state index contributed by atoms with van der Waals surface area (Å²) in [6.07, 6.45) is 3.10. The Kier molecular flexibility index (Phi) is 6.60. The van der Waals surface area contributed by atoms with Crippen molar-refractivity contribution in [2.24, 2.45) is 0 Å². The summed E-state index contributed by atoms with van der Waals surface area (Å²) in [4.78, 5) is 24.1. The molecule has 2 rings (SSSR count). The van der Waals surface area contributed by atoms with Gasteiger partial charge in [-0.3, -0.25) is 9.59 Å². The minimum atomic E-state index is -3.19. The molecule has 0 aromatic carbocycles. The van der Waals surface area contributed by atoms with E-state index in [1.54, 1.807) is 13.0 Å². The molecule has 8 nitrogen and oxygen atoms in total. The molecule has 1 saturated heterocycles.